The molecule has 0 aromatic heterocycles. The summed E-state index contributed by atoms with van der Waals surface area (Å²) in [6.07, 6.45) is 6.86. The van der Waals surface area contributed by atoms with E-state index < -0.39 is 0 Å². The molecule has 1 heteroatoms. The van der Waals surface area contributed by atoms with E-state index in [0.29, 0.717) is 0 Å². The number of benzene rings is 2. The van der Waals surface area contributed by atoms with E-state index in [-0.39, 0.29) is 16.2 Å². The summed E-state index contributed by atoms with van der Waals surface area (Å²) < 4.78 is 0. The highest BCUT2D eigenvalue weighted by Gasteiger charge is 2.23. The molecule has 0 unspecified atom stereocenters. The van der Waals surface area contributed by atoms with Gasteiger partial charge in [-0.25, -0.2) is 0 Å². The van der Waals surface area contributed by atoms with E-state index in [2.05, 4.69) is 128 Å². The monoisotopic (exact) mass is 415 g/mol. The molecular weight excluding hydrogens is 374 g/mol. The summed E-state index contributed by atoms with van der Waals surface area (Å²) in [6.45, 7) is 20.6. The highest BCUT2D eigenvalue weighted by atomic mass is 15.1. The smallest absolute Gasteiger partial charge is 0.0458 e. The van der Waals surface area contributed by atoms with Crippen LogP contribution in [0.2, 0.25) is 0 Å². The first kappa shape index (κ1) is 23.4. The van der Waals surface area contributed by atoms with Crippen molar-refractivity contribution < 1.29 is 0 Å². The van der Waals surface area contributed by atoms with E-state index in [4.69, 9.17) is 0 Å². The lowest BCUT2D eigenvalue weighted by molar-refractivity contribution is 0.479. The van der Waals surface area contributed by atoms with Crippen LogP contribution in [0.1, 0.15) is 86.3 Å². The van der Waals surface area contributed by atoms with Crippen molar-refractivity contribution >= 4 is 11.4 Å². The molecule has 31 heavy (non-hydrogen) atoms. The molecule has 166 valence electrons. The van der Waals surface area contributed by atoms with Gasteiger partial charge in [0.05, 0.1) is 0 Å². The Labute approximate surface area is 190 Å². The summed E-state index contributed by atoms with van der Waals surface area (Å²) in [5.74, 6) is 0. The summed E-state index contributed by atoms with van der Waals surface area (Å²) in [6, 6.07) is 18.3. The fourth-order valence-corrected chi connectivity index (χ4v) is 4.14. The second-order valence-electron chi connectivity index (χ2n) is 12.0. The van der Waals surface area contributed by atoms with E-state index in [1.807, 2.05) is 0 Å². The second kappa shape index (κ2) is 8.34. The normalized spacial score (nSPS) is 15.4. The molecule has 1 aliphatic rings. The molecule has 0 spiro atoms. The lowest BCUT2D eigenvalue weighted by Crippen LogP contribution is -2.21. The SMILES string of the molecule is CC(C)(C)C1=CC=C(N(c2ccc(C(C)(C)C)cc2)c2ccc(C(C)(C)C)cc2)CC1. The Morgan fingerprint density at radius 2 is 0.935 bits per heavy atom. The van der Waals surface area contributed by atoms with Gasteiger partial charge < -0.3 is 4.90 Å². The molecule has 1 nitrogen and oxygen atoms in total. The molecule has 0 fully saturated rings. The van der Waals surface area contributed by atoms with Gasteiger partial charge >= 0.3 is 0 Å². The van der Waals surface area contributed by atoms with Gasteiger partial charge in [0, 0.05) is 17.1 Å². The van der Waals surface area contributed by atoms with Crippen molar-refractivity contribution in [2.45, 2.75) is 86.0 Å². The maximum atomic E-state index is 2.44. The van der Waals surface area contributed by atoms with Crippen LogP contribution in [0.15, 0.2) is 72.0 Å². The van der Waals surface area contributed by atoms with E-state index in [9.17, 15) is 0 Å². The van der Waals surface area contributed by atoms with E-state index in [1.54, 1.807) is 0 Å². The first-order valence-corrected chi connectivity index (χ1v) is 11.7. The first-order valence-electron chi connectivity index (χ1n) is 11.7. The van der Waals surface area contributed by atoms with Crippen molar-refractivity contribution in [1.29, 1.82) is 0 Å². The van der Waals surface area contributed by atoms with Crippen LogP contribution in [0, 0.1) is 5.41 Å². The summed E-state index contributed by atoms with van der Waals surface area (Å²) in [4.78, 5) is 2.44. The molecular formula is C30H41N. The minimum Gasteiger partial charge on any atom is -0.314 e. The lowest BCUT2D eigenvalue weighted by Gasteiger charge is -2.33. The van der Waals surface area contributed by atoms with Crippen LogP contribution in [0.3, 0.4) is 0 Å². The number of rotatable bonds is 3. The van der Waals surface area contributed by atoms with Gasteiger partial charge in [-0.3, -0.25) is 0 Å². The zero-order chi connectivity index (χ0) is 23.0. The molecule has 2 aromatic rings. The largest absolute Gasteiger partial charge is 0.314 e. The maximum Gasteiger partial charge on any atom is 0.0458 e. The minimum absolute atomic E-state index is 0.159. The zero-order valence-electron chi connectivity index (χ0n) is 21.1. The Bertz CT molecular complexity index is 892. The molecule has 3 rings (SSSR count). The third-order valence-electron chi connectivity index (χ3n) is 6.36. The Morgan fingerprint density at radius 3 is 1.23 bits per heavy atom. The first-order chi connectivity index (χ1) is 14.3. The topological polar surface area (TPSA) is 3.24 Å². The number of nitrogens with zero attached hydrogens (tertiary/aromatic N) is 1. The molecule has 0 saturated heterocycles. The summed E-state index contributed by atoms with van der Waals surface area (Å²) in [5, 5.41) is 0. The van der Waals surface area contributed by atoms with Crippen LogP contribution in [-0.4, -0.2) is 0 Å². The fraction of sp³-hybridized carbons (Fsp3) is 0.467. The molecule has 1 aliphatic carbocycles. The Morgan fingerprint density at radius 1 is 0.516 bits per heavy atom. The number of hydrogen-bond acceptors (Lipinski definition) is 1. The van der Waals surface area contributed by atoms with Crippen molar-refractivity contribution in [2.75, 3.05) is 4.90 Å². The summed E-state index contributed by atoms with van der Waals surface area (Å²) in [5.41, 5.74) is 8.64. The number of anilines is 2. The van der Waals surface area contributed by atoms with Gasteiger partial charge in [0.1, 0.15) is 0 Å². The van der Waals surface area contributed by atoms with Crippen molar-refractivity contribution in [1.82, 2.24) is 0 Å². The molecule has 0 amide bonds. The average molecular weight is 416 g/mol. The molecule has 2 aromatic carbocycles. The van der Waals surface area contributed by atoms with Crippen LogP contribution in [-0.2, 0) is 10.8 Å². The molecule has 0 N–H and O–H groups in total. The van der Waals surface area contributed by atoms with Crippen LogP contribution in [0.25, 0.3) is 0 Å². The van der Waals surface area contributed by atoms with Gasteiger partial charge in [0.25, 0.3) is 0 Å². The fourth-order valence-electron chi connectivity index (χ4n) is 4.14. The molecule has 0 aliphatic heterocycles. The van der Waals surface area contributed by atoms with Gasteiger partial charge in [0.2, 0.25) is 0 Å². The van der Waals surface area contributed by atoms with E-state index in [0.717, 1.165) is 12.8 Å². The molecule has 0 atom stereocenters. The predicted molar refractivity (Wildman–Crippen MR) is 137 cm³/mol. The van der Waals surface area contributed by atoms with Gasteiger partial charge in [-0.15, -0.1) is 0 Å². The average Bonchev–Trinajstić information content (AvgIpc) is 2.67. The van der Waals surface area contributed by atoms with E-state index >= 15 is 0 Å². The second-order valence-corrected chi connectivity index (χ2v) is 12.0. The van der Waals surface area contributed by atoms with Crippen LogP contribution >= 0.6 is 0 Å². The predicted octanol–water partition coefficient (Wildman–Crippen LogP) is 9.07. The van der Waals surface area contributed by atoms with Gasteiger partial charge in [-0.05, 0) is 70.6 Å². The van der Waals surface area contributed by atoms with Crippen LogP contribution < -0.4 is 4.90 Å². The summed E-state index contributed by atoms with van der Waals surface area (Å²) in [7, 11) is 0. The molecule has 0 heterocycles. The summed E-state index contributed by atoms with van der Waals surface area (Å²) >= 11 is 0. The molecule has 0 radical (unpaired) electrons. The highest BCUT2D eigenvalue weighted by molar-refractivity contribution is 5.69. The van der Waals surface area contributed by atoms with Gasteiger partial charge in [-0.2, -0.15) is 0 Å². The number of allylic oxidation sites excluding steroid dienone is 4. The molecule has 0 saturated carbocycles. The number of hydrogen-bond donors (Lipinski definition) is 0. The maximum absolute atomic E-state index is 2.44. The van der Waals surface area contributed by atoms with Crippen molar-refractivity contribution in [3.8, 4) is 0 Å². The third-order valence-corrected chi connectivity index (χ3v) is 6.36. The van der Waals surface area contributed by atoms with Gasteiger partial charge in [0.15, 0.2) is 0 Å². The van der Waals surface area contributed by atoms with Crippen molar-refractivity contribution in [3.05, 3.63) is 83.1 Å². The van der Waals surface area contributed by atoms with Crippen molar-refractivity contribution in [3.63, 3.8) is 0 Å². The standard InChI is InChI=1S/C30H41N/c1-28(2,3)22-10-16-25(17-11-22)31(26-18-12-23(13-19-26)29(4,5)6)27-20-14-24(15-21-27)30(7,8)9/h10-14,16-20H,15,21H2,1-9H3. The Kier molecular flexibility index (Phi) is 6.29. The quantitative estimate of drug-likeness (QED) is 0.483. The van der Waals surface area contributed by atoms with Crippen molar-refractivity contribution in [2.24, 2.45) is 5.41 Å². The van der Waals surface area contributed by atoms with E-state index in [1.165, 1.54) is 33.8 Å². The lowest BCUT2D eigenvalue weighted by atomic mass is 9.81. The third kappa shape index (κ3) is 5.50. The van der Waals surface area contributed by atoms with Crippen LogP contribution in [0.5, 0.6) is 0 Å². The zero-order valence-corrected chi connectivity index (χ0v) is 21.1. The highest BCUT2D eigenvalue weighted by Crippen LogP contribution is 2.39. The van der Waals surface area contributed by atoms with Gasteiger partial charge in [-0.1, -0.05) is 98.2 Å². The Balaban J connectivity index is 2.05. The Hall–Kier alpha value is -2.28. The minimum atomic E-state index is 0.159. The molecule has 0 bridgehead atoms. The van der Waals surface area contributed by atoms with Crippen LogP contribution in [0.4, 0.5) is 11.4 Å².